The van der Waals surface area contributed by atoms with Crippen molar-refractivity contribution in [2.45, 2.75) is 65.1 Å². The lowest BCUT2D eigenvalue weighted by Gasteiger charge is -2.32. The summed E-state index contributed by atoms with van der Waals surface area (Å²) in [5.74, 6) is 0.441. The van der Waals surface area contributed by atoms with Crippen LogP contribution in [0, 0.1) is 0 Å². The highest BCUT2D eigenvalue weighted by molar-refractivity contribution is 9.10. The van der Waals surface area contributed by atoms with Crippen LogP contribution in [-0.2, 0) is 22.6 Å². The molecule has 0 spiro atoms. The molecule has 3 aromatic rings. The quantitative estimate of drug-likeness (QED) is 0.240. The van der Waals surface area contributed by atoms with E-state index in [2.05, 4.69) is 35.1 Å². The molecule has 0 saturated heterocycles. The summed E-state index contributed by atoms with van der Waals surface area (Å²) in [6, 6.07) is 22.2. The fraction of sp³-hybridized carbons (Fsp3) is 0.355. The maximum absolute atomic E-state index is 13.8. The number of ether oxygens (including phenoxy) is 1. The highest BCUT2D eigenvalue weighted by atomic mass is 79.9. The molecule has 2 atom stereocenters. The molecule has 0 unspecified atom stereocenters. The second-order valence-electron chi connectivity index (χ2n) is 9.77. The molecule has 3 aromatic carbocycles. The minimum absolute atomic E-state index is 0.0234. The molecule has 0 fully saturated rings. The van der Waals surface area contributed by atoms with Gasteiger partial charge in [0.05, 0.1) is 4.47 Å². The molecular weight excluding hydrogens is 564 g/mol. The van der Waals surface area contributed by atoms with Crippen molar-refractivity contribution in [3.05, 3.63) is 99.0 Å². The van der Waals surface area contributed by atoms with E-state index >= 15 is 0 Å². The zero-order valence-electron chi connectivity index (χ0n) is 22.4. The summed E-state index contributed by atoms with van der Waals surface area (Å²) < 4.78 is 6.74. The lowest BCUT2D eigenvalue weighted by atomic mass is 10.0. The lowest BCUT2D eigenvalue weighted by Crippen LogP contribution is -2.53. The monoisotopic (exact) mass is 598 g/mol. The van der Waals surface area contributed by atoms with Crippen molar-refractivity contribution in [2.24, 2.45) is 0 Å². The van der Waals surface area contributed by atoms with Gasteiger partial charge in [0.1, 0.15) is 11.8 Å². The molecule has 0 aliphatic heterocycles. The van der Waals surface area contributed by atoms with Crippen molar-refractivity contribution in [1.29, 1.82) is 0 Å². The van der Waals surface area contributed by atoms with Crippen LogP contribution in [-0.4, -0.2) is 35.4 Å². The van der Waals surface area contributed by atoms with E-state index in [1.165, 1.54) is 5.56 Å². The number of hydrogen-bond acceptors (Lipinski definition) is 3. The first-order valence-electron chi connectivity index (χ1n) is 13.0. The summed E-state index contributed by atoms with van der Waals surface area (Å²) in [5, 5.41) is 3.61. The molecule has 202 valence electrons. The fourth-order valence-corrected chi connectivity index (χ4v) is 4.73. The third-order valence-corrected chi connectivity index (χ3v) is 7.53. The van der Waals surface area contributed by atoms with Crippen molar-refractivity contribution in [2.75, 3.05) is 6.61 Å². The molecule has 0 aliphatic rings. The van der Waals surface area contributed by atoms with Gasteiger partial charge >= 0.3 is 0 Å². The van der Waals surface area contributed by atoms with Gasteiger partial charge in [-0.2, -0.15) is 0 Å². The minimum atomic E-state index is -0.745. The first-order valence-corrected chi connectivity index (χ1v) is 14.2. The van der Waals surface area contributed by atoms with Crippen LogP contribution < -0.4 is 10.1 Å². The van der Waals surface area contributed by atoms with E-state index in [4.69, 9.17) is 16.3 Å². The number of halogens is 2. The molecule has 0 saturated carbocycles. The summed E-state index contributed by atoms with van der Waals surface area (Å²) in [6.45, 7) is 8.18. The molecule has 3 rings (SSSR count). The number of carbonyl (C=O) groups excluding carboxylic acids is 2. The normalized spacial score (nSPS) is 12.6. The molecule has 7 heteroatoms. The minimum Gasteiger partial charge on any atom is -0.483 e. The van der Waals surface area contributed by atoms with Crippen LogP contribution in [0.4, 0.5) is 0 Å². The maximum Gasteiger partial charge on any atom is 0.261 e. The topological polar surface area (TPSA) is 58.6 Å². The standard InChI is InChI=1S/C31H36BrClN2O3/c1-5-22(4)34-31(37)28(17-23-11-7-6-8-12-23)35(19-25-13-9-10-14-27(25)33)30(36)20-38-29-16-15-24(21(2)3)18-26(29)32/h6-16,18,21-22,28H,5,17,19-20H2,1-4H3,(H,34,37)/t22-,28-/m1/s1. The van der Waals surface area contributed by atoms with Gasteiger partial charge in [-0.3, -0.25) is 9.59 Å². The summed E-state index contributed by atoms with van der Waals surface area (Å²) in [5.41, 5.74) is 2.89. The third-order valence-electron chi connectivity index (χ3n) is 6.54. The number of amides is 2. The zero-order chi connectivity index (χ0) is 27.7. The Hall–Kier alpha value is -2.83. The SMILES string of the molecule is CC[C@@H](C)NC(=O)[C@@H](Cc1ccccc1)N(Cc1ccccc1Cl)C(=O)COc1ccc(C(C)C)cc1Br. The number of benzene rings is 3. The summed E-state index contributed by atoms with van der Waals surface area (Å²) in [7, 11) is 0. The molecule has 5 nitrogen and oxygen atoms in total. The first-order chi connectivity index (χ1) is 18.2. The molecule has 0 radical (unpaired) electrons. The zero-order valence-corrected chi connectivity index (χ0v) is 24.8. The van der Waals surface area contributed by atoms with E-state index in [9.17, 15) is 9.59 Å². The Morgan fingerprint density at radius 3 is 2.32 bits per heavy atom. The summed E-state index contributed by atoms with van der Waals surface area (Å²) >= 11 is 10.0. The summed E-state index contributed by atoms with van der Waals surface area (Å²) in [4.78, 5) is 28.9. The molecule has 0 heterocycles. The molecule has 0 bridgehead atoms. The number of carbonyl (C=O) groups is 2. The van der Waals surface area contributed by atoms with E-state index in [1.807, 2.05) is 80.6 Å². The Kier molecular flexibility index (Phi) is 11.2. The van der Waals surface area contributed by atoms with Gasteiger partial charge in [0.2, 0.25) is 5.91 Å². The average molecular weight is 600 g/mol. The highest BCUT2D eigenvalue weighted by Crippen LogP contribution is 2.29. The third kappa shape index (κ3) is 8.34. The van der Waals surface area contributed by atoms with Gasteiger partial charge in [0.15, 0.2) is 6.61 Å². The van der Waals surface area contributed by atoms with Crippen molar-refractivity contribution >= 4 is 39.3 Å². The molecule has 0 aromatic heterocycles. The Bertz CT molecular complexity index is 1220. The van der Waals surface area contributed by atoms with E-state index in [0.29, 0.717) is 23.1 Å². The average Bonchev–Trinajstić information content (AvgIpc) is 2.91. The van der Waals surface area contributed by atoms with Gasteiger partial charge in [-0.05, 0) is 70.1 Å². The summed E-state index contributed by atoms with van der Waals surface area (Å²) in [6.07, 6.45) is 1.15. The molecule has 1 N–H and O–H groups in total. The van der Waals surface area contributed by atoms with E-state index in [1.54, 1.807) is 11.0 Å². The van der Waals surface area contributed by atoms with Crippen molar-refractivity contribution in [1.82, 2.24) is 10.2 Å². The van der Waals surface area contributed by atoms with Gasteiger partial charge in [-0.15, -0.1) is 0 Å². The Morgan fingerprint density at radius 1 is 1.00 bits per heavy atom. The predicted octanol–water partition coefficient (Wildman–Crippen LogP) is 7.16. The number of nitrogens with one attached hydrogen (secondary N) is 1. The van der Waals surface area contributed by atoms with Gasteiger partial charge in [0, 0.05) is 24.0 Å². The van der Waals surface area contributed by atoms with Crippen LogP contribution in [0.25, 0.3) is 0 Å². The largest absolute Gasteiger partial charge is 0.483 e. The van der Waals surface area contributed by atoms with Gasteiger partial charge < -0.3 is 15.0 Å². The Morgan fingerprint density at radius 2 is 1.68 bits per heavy atom. The van der Waals surface area contributed by atoms with Crippen molar-refractivity contribution in [3.8, 4) is 5.75 Å². The molecule has 2 amide bonds. The van der Waals surface area contributed by atoms with Crippen LogP contribution in [0.2, 0.25) is 5.02 Å². The lowest BCUT2D eigenvalue weighted by molar-refractivity contribution is -0.143. The van der Waals surface area contributed by atoms with Crippen LogP contribution in [0.15, 0.2) is 77.3 Å². The highest BCUT2D eigenvalue weighted by Gasteiger charge is 2.31. The smallest absolute Gasteiger partial charge is 0.261 e. The fourth-order valence-electron chi connectivity index (χ4n) is 4.02. The van der Waals surface area contributed by atoms with Crippen LogP contribution in [0.1, 0.15) is 56.7 Å². The van der Waals surface area contributed by atoms with Crippen LogP contribution in [0.5, 0.6) is 5.75 Å². The number of hydrogen-bond donors (Lipinski definition) is 1. The Labute approximate surface area is 239 Å². The number of nitrogens with zero attached hydrogens (tertiary/aromatic N) is 1. The van der Waals surface area contributed by atoms with Gasteiger partial charge in [0.25, 0.3) is 5.91 Å². The molecule has 38 heavy (non-hydrogen) atoms. The van der Waals surface area contributed by atoms with Crippen LogP contribution in [0.3, 0.4) is 0 Å². The van der Waals surface area contributed by atoms with Crippen molar-refractivity contribution < 1.29 is 14.3 Å². The maximum atomic E-state index is 13.8. The van der Waals surface area contributed by atoms with Gasteiger partial charge in [-0.1, -0.05) is 87.0 Å². The van der Waals surface area contributed by atoms with E-state index in [0.717, 1.165) is 22.0 Å². The second-order valence-corrected chi connectivity index (χ2v) is 11.0. The second kappa shape index (κ2) is 14.4. The van der Waals surface area contributed by atoms with Crippen LogP contribution >= 0.6 is 27.5 Å². The first kappa shape index (κ1) is 29.7. The molecule has 0 aliphatic carbocycles. The molecular formula is C31H36BrClN2O3. The van der Waals surface area contributed by atoms with E-state index in [-0.39, 0.29) is 31.0 Å². The van der Waals surface area contributed by atoms with Gasteiger partial charge in [-0.25, -0.2) is 0 Å². The number of rotatable bonds is 12. The van der Waals surface area contributed by atoms with Crippen molar-refractivity contribution in [3.63, 3.8) is 0 Å². The predicted molar refractivity (Wildman–Crippen MR) is 158 cm³/mol. The Balaban J connectivity index is 1.92. The van der Waals surface area contributed by atoms with E-state index < -0.39 is 6.04 Å².